The minimum Gasteiger partial charge on any atom is -0.480 e. The molecule has 0 radical (unpaired) electrons. The molecule has 1 N–H and O–H groups in total. The Bertz CT molecular complexity index is 325. The van der Waals surface area contributed by atoms with Gasteiger partial charge in [0, 0.05) is 12.5 Å². The molecular weight excluding hydrogens is 246 g/mol. The van der Waals surface area contributed by atoms with Gasteiger partial charge in [0.2, 0.25) is 0 Å². The molecule has 0 unspecified atom stereocenters. The van der Waals surface area contributed by atoms with E-state index in [1.807, 2.05) is 18.9 Å². The third-order valence-electron chi connectivity index (χ3n) is 4.53. The minimum atomic E-state index is -1.83. The lowest BCUT2D eigenvalue weighted by atomic mass is 10.0. The van der Waals surface area contributed by atoms with E-state index in [2.05, 4.69) is 33.9 Å². The largest absolute Gasteiger partial charge is 0.480 e. The van der Waals surface area contributed by atoms with Gasteiger partial charge in [-0.2, -0.15) is 0 Å². The normalized spacial score (nSPS) is 30.7. The van der Waals surface area contributed by atoms with Gasteiger partial charge in [0.05, 0.1) is 6.10 Å². The molecule has 1 saturated heterocycles. The molecule has 0 spiro atoms. The van der Waals surface area contributed by atoms with Crippen molar-refractivity contribution in [3.05, 3.63) is 0 Å². The zero-order valence-electron chi connectivity index (χ0n) is 12.7. The number of carboxylic acid groups (broad SMARTS) is 1. The van der Waals surface area contributed by atoms with Crippen molar-refractivity contribution in [1.29, 1.82) is 0 Å². The van der Waals surface area contributed by atoms with Crippen LogP contribution in [0.5, 0.6) is 0 Å². The molecule has 3 atom stereocenters. The zero-order valence-corrected chi connectivity index (χ0v) is 13.7. The summed E-state index contributed by atoms with van der Waals surface area (Å²) < 4.78 is 6.36. The van der Waals surface area contributed by atoms with Crippen LogP contribution in [0.2, 0.25) is 18.1 Å². The fraction of sp³-hybridized carbons (Fsp3) is 0.923. The number of aliphatic carboxylic acids is 1. The predicted octanol–water partition coefficient (Wildman–Crippen LogP) is 2.41. The standard InChI is InChI=1S/C13H27NO3Si/c1-9-10(8-14(5)11(9)12(15)16)17-18(6,7)13(2,3)4/h9-11H,8H2,1-7H3,(H,15,16)/t9-,10+,11-/m1/s1. The Balaban J connectivity index is 2.80. The van der Waals surface area contributed by atoms with Crippen molar-refractivity contribution in [3.63, 3.8) is 0 Å². The highest BCUT2D eigenvalue weighted by Crippen LogP contribution is 2.39. The van der Waals surface area contributed by atoms with Crippen LogP contribution in [0, 0.1) is 5.92 Å². The number of likely N-dealkylation sites (N-methyl/N-ethyl adjacent to an activating group) is 1. The molecule has 1 rings (SSSR count). The molecule has 4 nitrogen and oxygen atoms in total. The molecule has 0 aromatic heterocycles. The van der Waals surface area contributed by atoms with Crippen LogP contribution in [-0.2, 0) is 9.22 Å². The van der Waals surface area contributed by atoms with Crippen molar-refractivity contribution >= 4 is 14.3 Å². The number of carboxylic acids is 1. The number of nitrogens with zero attached hydrogens (tertiary/aromatic N) is 1. The van der Waals surface area contributed by atoms with Gasteiger partial charge in [-0.3, -0.25) is 9.69 Å². The van der Waals surface area contributed by atoms with E-state index < -0.39 is 20.3 Å². The van der Waals surface area contributed by atoms with Gasteiger partial charge in [-0.15, -0.1) is 0 Å². The third kappa shape index (κ3) is 2.95. The van der Waals surface area contributed by atoms with Gasteiger partial charge in [0.25, 0.3) is 0 Å². The molecular formula is C13H27NO3Si. The monoisotopic (exact) mass is 273 g/mol. The molecule has 1 aliphatic heterocycles. The van der Waals surface area contributed by atoms with Crippen molar-refractivity contribution in [3.8, 4) is 0 Å². The second-order valence-electron chi connectivity index (χ2n) is 7.00. The fourth-order valence-electron chi connectivity index (χ4n) is 2.28. The maximum absolute atomic E-state index is 11.2. The maximum atomic E-state index is 11.2. The Morgan fingerprint density at radius 1 is 1.39 bits per heavy atom. The number of likely N-dealkylation sites (tertiary alicyclic amines) is 1. The van der Waals surface area contributed by atoms with E-state index in [0.29, 0.717) is 6.54 Å². The quantitative estimate of drug-likeness (QED) is 0.802. The van der Waals surface area contributed by atoms with E-state index in [-0.39, 0.29) is 17.1 Å². The first-order valence-corrected chi connectivity index (χ1v) is 9.49. The van der Waals surface area contributed by atoms with Crippen LogP contribution in [0.1, 0.15) is 27.7 Å². The highest BCUT2D eigenvalue weighted by atomic mass is 28.4. The van der Waals surface area contributed by atoms with Gasteiger partial charge < -0.3 is 9.53 Å². The molecule has 0 bridgehead atoms. The van der Waals surface area contributed by atoms with Gasteiger partial charge >= 0.3 is 5.97 Å². The van der Waals surface area contributed by atoms with E-state index in [1.165, 1.54) is 0 Å². The van der Waals surface area contributed by atoms with Crippen LogP contribution >= 0.6 is 0 Å². The summed E-state index contributed by atoms with van der Waals surface area (Å²) in [6.45, 7) is 13.7. The van der Waals surface area contributed by atoms with Crippen LogP contribution in [0.4, 0.5) is 0 Å². The minimum absolute atomic E-state index is 0.0389. The summed E-state index contributed by atoms with van der Waals surface area (Å²) in [5.41, 5.74) is 0. The molecule has 0 aliphatic carbocycles. The zero-order chi connectivity index (χ0) is 14.3. The summed E-state index contributed by atoms with van der Waals surface area (Å²) in [4.78, 5) is 13.1. The molecule has 0 aromatic rings. The second-order valence-corrected chi connectivity index (χ2v) is 11.8. The van der Waals surface area contributed by atoms with E-state index in [9.17, 15) is 9.90 Å². The van der Waals surface area contributed by atoms with Crippen molar-refractivity contribution < 1.29 is 14.3 Å². The molecule has 5 heteroatoms. The first-order chi connectivity index (χ1) is 7.97. The summed E-state index contributed by atoms with van der Waals surface area (Å²) in [6, 6.07) is -0.417. The van der Waals surface area contributed by atoms with Crippen molar-refractivity contribution in [2.75, 3.05) is 13.6 Å². The average Bonchev–Trinajstić information content (AvgIpc) is 2.38. The lowest BCUT2D eigenvalue weighted by Gasteiger charge is -2.39. The molecule has 1 fully saturated rings. The molecule has 18 heavy (non-hydrogen) atoms. The lowest BCUT2D eigenvalue weighted by Crippen LogP contribution is -2.46. The second kappa shape index (κ2) is 4.94. The topological polar surface area (TPSA) is 49.8 Å². The Labute approximate surface area is 111 Å². The Morgan fingerprint density at radius 3 is 2.22 bits per heavy atom. The maximum Gasteiger partial charge on any atom is 0.321 e. The number of rotatable bonds is 3. The molecule has 106 valence electrons. The third-order valence-corrected chi connectivity index (χ3v) is 9.04. The highest BCUT2D eigenvalue weighted by molar-refractivity contribution is 6.74. The summed E-state index contributed by atoms with van der Waals surface area (Å²) in [5.74, 6) is -0.701. The Kier molecular flexibility index (Phi) is 4.30. The first-order valence-electron chi connectivity index (χ1n) is 6.58. The van der Waals surface area contributed by atoms with Gasteiger partial charge in [-0.1, -0.05) is 27.7 Å². The van der Waals surface area contributed by atoms with Crippen LogP contribution in [0.3, 0.4) is 0 Å². The highest BCUT2D eigenvalue weighted by Gasteiger charge is 2.47. The predicted molar refractivity (Wildman–Crippen MR) is 75.3 cm³/mol. The van der Waals surface area contributed by atoms with E-state index in [1.54, 1.807) is 0 Å². The fourth-order valence-corrected chi connectivity index (χ4v) is 3.68. The molecule has 0 amide bonds. The Hall–Kier alpha value is -0.393. The SMILES string of the molecule is C[C@@H]1[C@@H](O[Si](C)(C)C(C)(C)C)CN(C)[C@H]1C(=O)O. The van der Waals surface area contributed by atoms with Crippen LogP contribution in [0.15, 0.2) is 0 Å². The van der Waals surface area contributed by atoms with Gasteiger partial charge in [-0.05, 0) is 25.2 Å². The summed E-state index contributed by atoms with van der Waals surface area (Å²) in [7, 11) is 0.0401. The van der Waals surface area contributed by atoms with Gasteiger partial charge in [-0.25, -0.2) is 0 Å². The van der Waals surface area contributed by atoms with E-state index in [4.69, 9.17) is 4.43 Å². The van der Waals surface area contributed by atoms with Crippen molar-refractivity contribution in [1.82, 2.24) is 4.90 Å². The van der Waals surface area contributed by atoms with Gasteiger partial charge in [0.15, 0.2) is 8.32 Å². The smallest absolute Gasteiger partial charge is 0.321 e. The molecule has 1 heterocycles. The summed E-state index contributed by atoms with van der Waals surface area (Å²) in [5, 5.41) is 9.40. The van der Waals surface area contributed by atoms with Crippen LogP contribution < -0.4 is 0 Å². The van der Waals surface area contributed by atoms with E-state index >= 15 is 0 Å². The Morgan fingerprint density at radius 2 is 1.89 bits per heavy atom. The number of carbonyl (C=O) groups is 1. The van der Waals surface area contributed by atoms with Crippen LogP contribution in [0.25, 0.3) is 0 Å². The number of hydrogen-bond donors (Lipinski definition) is 1. The first kappa shape index (κ1) is 15.7. The molecule has 0 saturated carbocycles. The molecule has 1 aliphatic rings. The average molecular weight is 273 g/mol. The van der Waals surface area contributed by atoms with Crippen molar-refractivity contribution in [2.24, 2.45) is 5.92 Å². The van der Waals surface area contributed by atoms with E-state index in [0.717, 1.165) is 0 Å². The van der Waals surface area contributed by atoms with Gasteiger partial charge in [0.1, 0.15) is 6.04 Å². The summed E-state index contributed by atoms with van der Waals surface area (Å²) in [6.07, 6.45) is 0.0389. The molecule has 0 aromatic carbocycles. The lowest BCUT2D eigenvalue weighted by molar-refractivity contribution is -0.143. The number of hydrogen-bond acceptors (Lipinski definition) is 3. The summed E-state index contributed by atoms with van der Waals surface area (Å²) >= 11 is 0. The van der Waals surface area contributed by atoms with Crippen LogP contribution in [-0.4, -0.2) is 50.0 Å². The van der Waals surface area contributed by atoms with Crippen molar-refractivity contribution in [2.45, 2.75) is 58.0 Å².